The number of carboxylic acid groups (broad SMARTS) is 1. The molecule has 2 bridgehead atoms. The summed E-state index contributed by atoms with van der Waals surface area (Å²) in [5.74, 6) is -3.90. The van der Waals surface area contributed by atoms with Gasteiger partial charge in [-0.15, -0.1) is 11.8 Å². The van der Waals surface area contributed by atoms with Crippen molar-refractivity contribution in [2.75, 3.05) is 13.2 Å². The molecule has 6 rings (SSSR count). The Bertz CT molecular complexity index is 1520. The fourth-order valence-electron chi connectivity index (χ4n) is 7.69. The first-order valence-corrected chi connectivity index (χ1v) is 16.6. The zero-order chi connectivity index (χ0) is 30.0. The number of halogens is 1. The van der Waals surface area contributed by atoms with E-state index in [1.165, 1.54) is 0 Å². The van der Waals surface area contributed by atoms with Crippen molar-refractivity contribution in [2.24, 2.45) is 35.5 Å². The third-order valence-electron chi connectivity index (χ3n) is 9.01. The molecule has 1 aromatic carbocycles. The molecule has 2 aromatic rings. The molecule has 2 aliphatic carbocycles. The number of hydrogen-bond donors (Lipinski definition) is 2. The Balaban J connectivity index is 1.41. The first-order chi connectivity index (χ1) is 20.0. The molecular weight excluding hydrogens is 648 g/mol. The number of nitrogens with zero attached hydrogens (tertiary/aromatic N) is 1. The van der Waals surface area contributed by atoms with E-state index in [9.17, 15) is 29.1 Å². The number of thiazole rings is 1. The predicted molar refractivity (Wildman–Crippen MR) is 157 cm³/mol. The number of carbonyl (C=O) groups is 4. The van der Waals surface area contributed by atoms with Crippen LogP contribution in [0.15, 0.2) is 32.5 Å². The highest BCUT2D eigenvalue weighted by Gasteiger charge is 2.70. The molecule has 224 valence electrons. The van der Waals surface area contributed by atoms with Crippen LogP contribution in [0.25, 0.3) is 0 Å². The van der Waals surface area contributed by atoms with Crippen LogP contribution in [0.5, 0.6) is 5.75 Å². The molecule has 4 aliphatic rings. The SMILES string of the molecule is CCOC(=O)COc1ccc(Br)cc1[C@H]1c2sc(=O)[nH]c2SC2C3CC(C4C(=O)N(C(CC(C)C)C(=O)O)C(=O)C34)C21. The molecule has 1 saturated heterocycles. The number of aromatic amines is 1. The number of aromatic nitrogens is 1. The normalized spacial score (nSPS) is 29.8. The van der Waals surface area contributed by atoms with Crippen LogP contribution in [0.3, 0.4) is 0 Å². The summed E-state index contributed by atoms with van der Waals surface area (Å²) < 4.78 is 11.8. The minimum absolute atomic E-state index is 0.0104. The molecule has 10 nitrogen and oxygen atoms in total. The van der Waals surface area contributed by atoms with E-state index >= 15 is 0 Å². The largest absolute Gasteiger partial charge is 0.482 e. The van der Waals surface area contributed by atoms with E-state index in [0.717, 1.165) is 36.2 Å². The van der Waals surface area contributed by atoms with Gasteiger partial charge in [-0.3, -0.25) is 19.3 Å². The Labute approximate surface area is 258 Å². The number of aliphatic carboxylic acids is 1. The molecular formula is C29H31BrN2O8S2. The van der Waals surface area contributed by atoms with Gasteiger partial charge in [0.15, 0.2) is 6.61 Å². The summed E-state index contributed by atoms with van der Waals surface area (Å²) >= 11 is 6.24. The number of ether oxygens (including phenoxy) is 2. The van der Waals surface area contributed by atoms with Crippen molar-refractivity contribution in [3.63, 3.8) is 0 Å². The molecule has 42 heavy (non-hydrogen) atoms. The van der Waals surface area contributed by atoms with Crippen LogP contribution < -0.4 is 9.61 Å². The molecule has 13 heteroatoms. The Kier molecular flexibility index (Phi) is 7.80. The number of esters is 1. The van der Waals surface area contributed by atoms with Gasteiger partial charge in [0.05, 0.1) is 23.5 Å². The van der Waals surface area contributed by atoms with Crippen molar-refractivity contribution >= 4 is 62.8 Å². The van der Waals surface area contributed by atoms with Crippen molar-refractivity contribution in [3.05, 3.63) is 42.8 Å². The van der Waals surface area contributed by atoms with Gasteiger partial charge in [0.1, 0.15) is 11.8 Å². The maximum absolute atomic E-state index is 13.9. The number of thioether (sulfide) groups is 1. The summed E-state index contributed by atoms with van der Waals surface area (Å²) in [5.41, 5.74) is 0.779. The number of likely N-dealkylation sites (tertiary alicyclic amines) is 1. The second-order valence-corrected chi connectivity index (χ2v) is 14.9. The zero-order valence-electron chi connectivity index (χ0n) is 23.2. The Morgan fingerprint density at radius 2 is 1.88 bits per heavy atom. The molecule has 7 unspecified atom stereocenters. The Morgan fingerprint density at radius 1 is 1.17 bits per heavy atom. The summed E-state index contributed by atoms with van der Waals surface area (Å²) in [6.07, 6.45) is 0.872. The smallest absolute Gasteiger partial charge is 0.344 e. The number of benzene rings is 1. The van der Waals surface area contributed by atoms with Crippen LogP contribution in [0.1, 0.15) is 50.0 Å². The molecule has 8 atom stereocenters. The quantitative estimate of drug-likeness (QED) is 0.296. The van der Waals surface area contributed by atoms with Gasteiger partial charge < -0.3 is 19.6 Å². The highest BCUT2D eigenvalue weighted by atomic mass is 79.9. The molecule has 2 amide bonds. The van der Waals surface area contributed by atoms with Crippen molar-refractivity contribution in [2.45, 2.75) is 55.8 Å². The van der Waals surface area contributed by atoms with E-state index < -0.39 is 35.7 Å². The molecule has 0 radical (unpaired) electrons. The average Bonchev–Trinajstić information content (AvgIpc) is 3.65. The van der Waals surface area contributed by atoms with Gasteiger partial charge >= 0.3 is 16.8 Å². The number of amides is 2. The maximum Gasteiger partial charge on any atom is 0.344 e. The second kappa shape index (κ2) is 11.1. The van der Waals surface area contributed by atoms with E-state index in [1.807, 2.05) is 26.0 Å². The van der Waals surface area contributed by atoms with Crippen molar-refractivity contribution in [1.82, 2.24) is 9.88 Å². The summed E-state index contributed by atoms with van der Waals surface area (Å²) in [4.78, 5) is 69.4. The molecule has 2 N–H and O–H groups in total. The molecule has 0 spiro atoms. The first kappa shape index (κ1) is 29.4. The van der Waals surface area contributed by atoms with Crippen LogP contribution in [0.2, 0.25) is 0 Å². The van der Waals surface area contributed by atoms with Crippen LogP contribution in [-0.2, 0) is 23.9 Å². The molecule has 2 aliphatic heterocycles. The standard InChI is InChI=1S/C29H31BrN2O8S2/c1-4-39-18(33)10-40-17-6-5-12(30)8-13(17)19-20-14-9-15(23(20)41-25-24(19)42-29(38)31-25)22-21(14)26(34)32(27(22)35)16(28(36)37)7-11(2)3/h5-6,8,11,14-16,19-23H,4,7,9-10H2,1-3H3,(H,31,38)(H,36,37)/t14?,15?,16?,19-,20?,21?,22?,23?/m1/s1. The van der Waals surface area contributed by atoms with E-state index in [0.29, 0.717) is 12.2 Å². The number of fused-ring (bicyclic) bond motifs is 9. The second-order valence-electron chi connectivity index (χ2n) is 11.8. The number of carbonyl (C=O) groups excluding carboxylic acids is 3. The average molecular weight is 680 g/mol. The summed E-state index contributed by atoms with van der Waals surface area (Å²) in [6.45, 7) is 5.42. The van der Waals surface area contributed by atoms with Crippen molar-refractivity contribution in [1.29, 1.82) is 0 Å². The summed E-state index contributed by atoms with van der Waals surface area (Å²) in [5, 5.41) is 10.7. The third-order valence-corrected chi connectivity index (χ3v) is 12.1. The fraction of sp³-hybridized carbons (Fsp3) is 0.552. The van der Waals surface area contributed by atoms with Crippen LogP contribution in [0, 0.1) is 35.5 Å². The van der Waals surface area contributed by atoms with Crippen molar-refractivity contribution in [3.8, 4) is 5.75 Å². The number of nitrogens with one attached hydrogen (secondary N) is 1. The van der Waals surface area contributed by atoms with E-state index in [-0.39, 0.29) is 65.3 Å². The highest BCUT2D eigenvalue weighted by molar-refractivity contribution is 9.10. The summed E-state index contributed by atoms with van der Waals surface area (Å²) in [6, 6.07) is 4.32. The van der Waals surface area contributed by atoms with Gasteiger partial charge in [0.2, 0.25) is 11.8 Å². The number of H-pyrrole nitrogens is 1. The molecule has 3 heterocycles. The number of hydrogen-bond acceptors (Lipinski definition) is 9. The monoisotopic (exact) mass is 678 g/mol. The predicted octanol–water partition coefficient (Wildman–Crippen LogP) is 4.11. The van der Waals surface area contributed by atoms with Gasteiger partial charge in [0.25, 0.3) is 0 Å². The maximum atomic E-state index is 13.9. The van der Waals surface area contributed by atoms with Gasteiger partial charge in [-0.1, -0.05) is 41.1 Å². The van der Waals surface area contributed by atoms with Gasteiger partial charge in [-0.05, 0) is 61.6 Å². The van der Waals surface area contributed by atoms with Crippen LogP contribution in [-0.4, -0.2) is 63.2 Å². The lowest BCUT2D eigenvalue weighted by Gasteiger charge is -2.43. The van der Waals surface area contributed by atoms with Crippen LogP contribution in [0.4, 0.5) is 0 Å². The van der Waals surface area contributed by atoms with Gasteiger partial charge in [0, 0.05) is 26.1 Å². The molecule has 2 saturated carbocycles. The van der Waals surface area contributed by atoms with E-state index in [2.05, 4.69) is 20.9 Å². The van der Waals surface area contributed by atoms with E-state index in [1.54, 1.807) is 24.8 Å². The fourth-order valence-corrected chi connectivity index (χ4v) is 11.0. The summed E-state index contributed by atoms with van der Waals surface area (Å²) in [7, 11) is 0. The molecule has 1 aromatic heterocycles. The Hall–Kier alpha value is -2.64. The topological polar surface area (TPSA) is 143 Å². The number of carboxylic acids is 1. The molecule has 3 fully saturated rings. The zero-order valence-corrected chi connectivity index (χ0v) is 26.4. The Morgan fingerprint density at radius 3 is 2.55 bits per heavy atom. The first-order valence-electron chi connectivity index (χ1n) is 14.1. The third kappa shape index (κ3) is 4.71. The minimum atomic E-state index is -1.19. The number of rotatable bonds is 9. The highest BCUT2D eigenvalue weighted by Crippen LogP contribution is 2.69. The lowest BCUT2D eigenvalue weighted by atomic mass is 9.68. The van der Waals surface area contributed by atoms with Crippen molar-refractivity contribution < 1.29 is 33.8 Å². The van der Waals surface area contributed by atoms with E-state index in [4.69, 9.17) is 9.47 Å². The van der Waals surface area contributed by atoms with Crippen LogP contribution >= 0.6 is 39.0 Å². The lowest BCUT2D eigenvalue weighted by molar-refractivity contribution is -0.156. The lowest BCUT2D eigenvalue weighted by Crippen LogP contribution is -2.47. The minimum Gasteiger partial charge on any atom is -0.482 e. The van der Waals surface area contributed by atoms with Gasteiger partial charge in [-0.2, -0.15) is 0 Å². The van der Waals surface area contributed by atoms with Gasteiger partial charge in [-0.25, -0.2) is 9.59 Å². The number of imide groups is 1.